The summed E-state index contributed by atoms with van der Waals surface area (Å²) in [6.07, 6.45) is 0. The zero-order chi connectivity index (χ0) is 32.6. The van der Waals surface area contributed by atoms with E-state index in [-0.39, 0.29) is 0 Å². The lowest BCUT2D eigenvalue weighted by molar-refractivity contribution is 1.07. The van der Waals surface area contributed by atoms with Gasteiger partial charge >= 0.3 is 0 Å². The van der Waals surface area contributed by atoms with Crippen molar-refractivity contribution in [2.45, 2.75) is 0 Å². The summed E-state index contributed by atoms with van der Waals surface area (Å²) in [5, 5.41) is 2.49. The molecule has 2 heterocycles. The van der Waals surface area contributed by atoms with Crippen LogP contribution in [0.3, 0.4) is 0 Å². The molecule has 0 unspecified atom stereocenters. The largest absolute Gasteiger partial charge is 0.208 e. The standard InChI is InChI=1S/C45H29N3S/c1-5-13-30(14-6-1)36-25-37(31-15-7-2-8-16-31)27-38(26-36)34-21-23-39-40-24-22-35(29-42(40)49-41(39)28-34)45-47-43(32-17-9-3-10-18-32)46-44(48-45)33-19-11-4-12-20-33/h1-29H. The van der Waals surface area contributed by atoms with Gasteiger partial charge in [0.05, 0.1) is 0 Å². The summed E-state index contributed by atoms with van der Waals surface area (Å²) in [5.74, 6) is 2.00. The molecule has 2 aromatic heterocycles. The van der Waals surface area contributed by atoms with E-state index in [0.717, 1.165) is 16.7 Å². The van der Waals surface area contributed by atoms with Gasteiger partial charge in [-0.2, -0.15) is 0 Å². The first-order chi connectivity index (χ1) is 24.2. The summed E-state index contributed by atoms with van der Waals surface area (Å²) < 4.78 is 2.46. The molecular formula is C45H29N3S. The van der Waals surface area contributed by atoms with Gasteiger partial charge in [0, 0.05) is 36.9 Å². The maximum Gasteiger partial charge on any atom is 0.164 e. The molecule has 9 aromatic rings. The summed E-state index contributed by atoms with van der Waals surface area (Å²) in [5.41, 5.74) is 10.1. The summed E-state index contributed by atoms with van der Waals surface area (Å²) >= 11 is 1.81. The maximum atomic E-state index is 4.96. The number of aromatic nitrogens is 3. The molecule has 0 aliphatic heterocycles. The number of nitrogens with zero attached hydrogens (tertiary/aromatic N) is 3. The van der Waals surface area contributed by atoms with Gasteiger partial charge in [-0.3, -0.25) is 0 Å². The summed E-state index contributed by atoms with van der Waals surface area (Å²) in [7, 11) is 0. The highest BCUT2D eigenvalue weighted by Crippen LogP contribution is 2.40. The highest BCUT2D eigenvalue weighted by molar-refractivity contribution is 7.25. The van der Waals surface area contributed by atoms with Crippen LogP contribution in [0.15, 0.2) is 176 Å². The van der Waals surface area contributed by atoms with Crippen LogP contribution in [-0.2, 0) is 0 Å². The van der Waals surface area contributed by atoms with Gasteiger partial charge in [0.15, 0.2) is 17.5 Å². The predicted molar refractivity (Wildman–Crippen MR) is 205 cm³/mol. The Kier molecular flexibility index (Phi) is 7.34. The van der Waals surface area contributed by atoms with E-state index in [4.69, 9.17) is 15.0 Å². The summed E-state index contributed by atoms with van der Waals surface area (Å²) in [6.45, 7) is 0. The minimum atomic E-state index is 0.665. The van der Waals surface area contributed by atoms with E-state index in [9.17, 15) is 0 Å². The topological polar surface area (TPSA) is 38.7 Å². The van der Waals surface area contributed by atoms with Crippen LogP contribution >= 0.6 is 11.3 Å². The number of fused-ring (bicyclic) bond motifs is 3. The molecule has 0 spiro atoms. The van der Waals surface area contributed by atoms with Crippen LogP contribution < -0.4 is 0 Å². The summed E-state index contributed by atoms with van der Waals surface area (Å²) in [4.78, 5) is 14.8. The van der Waals surface area contributed by atoms with E-state index in [1.807, 2.05) is 72.0 Å². The van der Waals surface area contributed by atoms with Crippen molar-refractivity contribution in [3.63, 3.8) is 0 Å². The molecule has 0 N–H and O–H groups in total. The molecule has 0 fully saturated rings. The van der Waals surface area contributed by atoms with Crippen LogP contribution in [0.1, 0.15) is 0 Å². The van der Waals surface area contributed by atoms with Crippen LogP contribution in [0.4, 0.5) is 0 Å². The Bertz CT molecular complexity index is 2280. The second kappa shape index (κ2) is 12.4. The number of hydrogen-bond acceptors (Lipinski definition) is 4. The normalized spacial score (nSPS) is 11.3. The first-order valence-corrected chi connectivity index (χ1v) is 17.2. The van der Waals surface area contributed by atoms with E-state index < -0.39 is 0 Å². The Morgan fingerprint density at radius 1 is 0.265 bits per heavy atom. The molecule has 0 aliphatic rings. The van der Waals surface area contributed by atoms with Crippen molar-refractivity contribution in [1.29, 1.82) is 0 Å². The Morgan fingerprint density at radius 2 is 0.612 bits per heavy atom. The minimum absolute atomic E-state index is 0.665. The molecule has 0 radical (unpaired) electrons. The first-order valence-electron chi connectivity index (χ1n) is 16.4. The summed E-state index contributed by atoms with van der Waals surface area (Å²) in [6, 6.07) is 61.8. The van der Waals surface area contributed by atoms with Gasteiger partial charge in [-0.1, -0.05) is 146 Å². The van der Waals surface area contributed by atoms with Crippen molar-refractivity contribution in [3.8, 4) is 67.5 Å². The minimum Gasteiger partial charge on any atom is -0.208 e. The highest BCUT2D eigenvalue weighted by Gasteiger charge is 2.15. The molecule has 0 amide bonds. The smallest absolute Gasteiger partial charge is 0.164 e. The second-order valence-corrected chi connectivity index (χ2v) is 13.2. The van der Waals surface area contributed by atoms with Gasteiger partial charge < -0.3 is 0 Å². The van der Waals surface area contributed by atoms with Crippen molar-refractivity contribution in [3.05, 3.63) is 176 Å². The molecule has 0 bridgehead atoms. The molecule has 4 heteroatoms. The molecule has 49 heavy (non-hydrogen) atoms. The van der Waals surface area contributed by atoms with E-state index in [1.165, 1.54) is 53.6 Å². The second-order valence-electron chi connectivity index (χ2n) is 12.1. The molecule has 9 rings (SSSR count). The Morgan fingerprint density at radius 3 is 1.06 bits per heavy atom. The van der Waals surface area contributed by atoms with Crippen LogP contribution in [0.2, 0.25) is 0 Å². The van der Waals surface area contributed by atoms with Gasteiger partial charge in [0.2, 0.25) is 0 Å². The SMILES string of the molecule is c1ccc(-c2cc(-c3ccccc3)cc(-c3ccc4c(c3)sc3cc(-c5nc(-c6ccccc6)nc(-c6ccccc6)n5)ccc34)c2)cc1. The zero-order valence-electron chi connectivity index (χ0n) is 26.5. The van der Waals surface area contributed by atoms with Crippen LogP contribution in [0.25, 0.3) is 87.7 Å². The quantitative estimate of drug-likeness (QED) is 0.181. The van der Waals surface area contributed by atoms with Crippen molar-refractivity contribution < 1.29 is 0 Å². The van der Waals surface area contributed by atoms with Gasteiger partial charge in [-0.15, -0.1) is 11.3 Å². The van der Waals surface area contributed by atoms with Crippen molar-refractivity contribution in [2.75, 3.05) is 0 Å². The number of thiophene rings is 1. The predicted octanol–water partition coefficient (Wildman–Crippen LogP) is 12.2. The fourth-order valence-electron chi connectivity index (χ4n) is 6.42. The fraction of sp³-hybridized carbons (Fsp3) is 0. The molecule has 7 aromatic carbocycles. The van der Waals surface area contributed by atoms with Crippen LogP contribution in [0.5, 0.6) is 0 Å². The number of benzene rings is 7. The van der Waals surface area contributed by atoms with Crippen molar-refractivity contribution in [2.24, 2.45) is 0 Å². The molecule has 3 nitrogen and oxygen atoms in total. The van der Waals surface area contributed by atoms with E-state index in [1.54, 1.807) is 0 Å². The number of hydrogen-bond donors (Lipinski definition) is 0. The van der Waals surface area contributed by atoms with E-state index in [0.29, 0.717) is 17.5 Å². The third kappa shape index (κ3) is 5.69. The van der Waals surface area contributed by atoms with Crippen LogP contribution in [-0.4, -0.2) is 15.0 Å². The van der Waals surface area contributed by atoms with Gasteiger partial charge in [-0.05, 0) is 63.7 Å². The van der Waals surface area contributed by atoms with Gasteiger partial charge in [-0.25, -0.2) is 15.0 Å². The Balaban J connectivity index is 1.15. The van der Waals surface area contributed by atoms with Crippen molar-refractivity contribution >= 4 is 31.5 Å². The van der Waals surface area contributed by atoms with Gasteiger partial charge in [0.1, 0.15) is 0 Å². The van der Waals surface area contributed by atoms with E-state index in [2.05, 4.69) is 115 Å². The number of rotatable bonds is 6. The maximum absolute atomic E-state index is 4.96. The average molecular weight is 644 g/mol. The first kappa shape index (κ1) is 29.0. The molecule has 0 aliphatic carbocycles. The molecule has 0 saturated carbocycles. The van der Waals surface area contributed by atoms with Crippen LogP contribution in [0, 0.1) is 0 Å². The van der Waals surface area contributed by atoms with Gasteiger partial charge in [0.25, 0.3) is 0 Å². The Hall–Kier alpha value is -6.23. The fourth-order valence-corrected chi connectivity index (χ4v) is 7.61. The van der Waals surface area contributed by atoms with Crippen molar-refractivity contribution in [1.82, 2.24) is 15.0 Å². The molecule has 230 valence electrons. The lowest BCUT2D eigenvalue weighted by Crippen LogP contribution is -1.99. The lowest BCUT2D eigenvalue weighted by atomic mass is 9.93. The molecule has 0 saturated heterocycles. The third-order valence-corrected chi connectivity index (χ3v) is 10.0. The molecule has 0 atom stereocenters. The molecular weight excluding hydrogens is 615 g/mol. The van der Waals surface area contributed by atoms with E-state index >= 15 is 0 Å². The lowest BCUT2D eigenvalue weighted by Gasteiger charge is -2.11. The zero-order valence-corrected chi connectivity index (χ0v) is 27.3. The third-order valence-electron chi connectivity index (χ3n) is 8.91. The average Bonchev–Trinajstić information content (AvgIpc) is 3.56. The Labute approximate surface area is 288 Å². The monoisotopic (exact) mass is 643 g/mol. The highest BCUT2D eigenvalue weighted by atomic mass is 32.1.